The number of nitrogens with zero attached hydrogens (tertiary/aromatic N) is 6. The Balaban J connectivity index is -0.000000309. The van der Waals surface area contributed by atoms with Gasteiger partial charge in [0.25, 0.3) is 0 Å². The Morgan fingerprint density at radius 3 is 0.968 bits per heavy atom. The van der Waals surface area contributed by atoms with Crippen LogP contribution in [-0.4, -0.2) is 56.1 Å². The van der Waals surface area contributed by atoms with Gasteiger partial charge in [-0.3, -0.25) is 0 Å². The molecular weight excluding hydrogens is 471 g/mol. The van der Waals surface area contributed by atoms with Crippen LogP contribution < -0.4 is 0 Å². The van der Waals surface area contributed by atoms with Gasteiger partial charge in [0, 0.05) is 16.8 Å². The largest absolute Gasteiger partial charge is 0.753 e. The molecule has 4 aliphatic heterocycles. The van der Waals surface area contributed by atoms with Crippen LogP contribution >= 0.6 is 24.4 Å². The molecule has 0 aromatic heterocycles. The van der Waals surface area contributed by atoms with Gasteiger partial charge in [0.2, 0.25) is 0 Å². The number of rotatable bonds is 0. The minimum Gasteiger partial charge on any atom is -0.753 e. The van der Waals surface area contributed by atoms with Crippen LogP contribution in [0, 0.1) is 0 Å². The summed E-state index contributed by atoms with van der Waals surface area (Å²) in [5.41, 5.74) is 0. The maximum Gasteiger partial charge on any atom is 0 e. The van der Waals surface area contributed by atoms with Crippen LogP contribution in [0.5, 0.6) is 0 Å². The van der Waals surface area contributed by atoms with Crippen molar-refractivity contribution in [1.82, 2.24) is 0 Å². The van der Waals surface area contributed by atoms with Crippen molar-refractivity contribution in [3.05, 3.63) is 56.5 Å². The molecule has 4 aliphatic rings. The predicted octanol–water partition coefficient (Wildman–Crippen LogP) is 7.39. The summed E-state index contributed by atoms with van der Waals surface area (Å²) in [6.07, 6.45) is 20.0. The van der Waals surface area contributed by atoms with Gasteiger partial charge in [-0.2, -0.15) is 16.5 Å². The zero-order valence-corrected chi connectivity index (χ0v) is 21.1. The van der Waals surface area contributed by atoms with E-state index in [4.69, 9.17) is 10.8 Å². The molecule has 1 radical (unpaired) electrons. The molecule has 0 saturated carbocycles. The summed E-state index contributed by atoms with van der Waals surface area (Å²) < 4.78 is 0. The molecule has 9 heteroatoms. The van der Waals surface area contributed by atoms with E-state index in [1.165, 1.54) is 68.1 Å². The Labute approximate surface area is 211 Å². The van der Waals surface area contributed by atoms with E-state index in [2.05, 4.69) is 45.7 Å². The fourth-order valence-corrected chi connectivity index (χ4v) is 2.58. The molecule has 0 aromatic carbocycles. The quantitative estimate of drug-likeness (QED) is 0.252. The summed E-state index contributed by atoms with van der Waals surface area (Å²) in [4.78, 5) is 0. The van der Waals surface area contributed by atoms with E-state index in [-0.39, 0.29) is 16.8 Å². The Morgan fingerprint density at radius 1 is 0.581 bits per heavy atom. The van der Waals surface area contributed by atoms with Crippen LogP contribution in [0.1, 0.15) is 57.8 Å². The average molecular weight is 508 g/mol. The number of piperidine rings is 3. The van der Waals surface area contributed by atoms with E-state index < -0.39 is 0 Å². The molecule has 4 rings (SSSR count). The summed E-state index contributed by atoms with van der Waals surface area (Å²) in [5.74, 6) is 0. The van der Waals surface area contributed by atoms with Gasteiger partial charge in [0.15, 0.2) is 0 Å². The predicted molar refractivity (Wildman–Crippen MR) is 139 cm³/mol. The molecule has 0 bridgehead atoms. The summed E-state index contributed by atoms with van der Waals surface area (Å²) >= 11 is 7.40. The molecule has 0 spiro atoms. The van der Waals surface area contributed by atoms with Gasteiger partial charge in [-0.25, -0.2) is 0 Å². The summed E-state index contributed by atoms with van der Waals surface area (Å²) in [7, 11) is 0. The Morgan fingerprint density at radius 2 is 0.903 bits per heavy atom. The van der Waals surface area contributed by atoms with E-state index in [0.717, 1.165) is 45.8 Å². The first-order valence-corrected chi connectivity index (χ1v) is 11.6. The number of isothiocyanates is 2. The molecular formula is C22H36CoN6S2-6. The van der Waals surface area contributed by atoms with Crippen LogP contribution in [-0.2, 0) is 16.8 Å². The number of hydrogen-bond donors (Lipinski definition) is 0. The molecule has 0 N–H and O–H groups in total. The van der Waals surface area contributed by atoms with Crippen molar-refractivity contribution in [1.29, 1.82) is 0 Å². The van der Waals surface area contributed by atoms with E-state index in [0.29, 0.717) is 0 Å². The van der Waals surface area contributed by atoms with Crippen LogP contribution in [0.4, 0.5) is 0 Å². The monoisotopic (exact) mass is 507 g/mol. The number of hydrogen-bond acceptors (Lipinski definition) is 2. The van der Waals surface area contributed by atoms with Gasteiger partial charge >= 0.3 is 0 Å². The first-order valence-electron chi connectivity index (χ1n) is 10.7. The van der Waals surface area contributed by atoms with Crippen molar-refractivity contribution in [2.45, 2.75) is 57.8 Å². The molecule has 0 atom stereocenters. The molecule has 0 aromatic rings. The molecule has 0 unspecified atom stereocenters. The molecule has 0 aliphatic carbocycles. The zero-order chi connectivity index (χ0) is 22.4. The maximum atomic E-state index is 7.13. The van der Waals surface area contributed by atoms with Crippen LogP contribution in [0.3, 0.4) is 0 Å². The minimum atomic E-state index is 0. The van der Waals surface area contributed by atoms with Crippen molar-refractivity contribution in [3.8, 4) is 0 Å². The minimum absolute atomic E-state index is 0. The van der Waals surface area contributed by atoms with E-state index in [1.54, 1.807) is 6.20 Å². The number of thiocarbonyl (C=S) groups is 2. The van der Waals surface area contributed by atoms with Gasteiger partial charge in [0.1, 0.15) is 0 Å². The zero-order valence-electron chi connectivity index (χ0n) is 18.5. The van der Waals surface area contributed by atoms with Crippen molar-refractivity contribution >= 4 is 34.8 Å². The van der Waals surface area contributed by atoms with Gasteiger partial charge in [-0.05, 0) is 0 Å². The van der Waals surface area contributed by atoms with E-state index >= 15 is 0 Å². The fraction of sp³-hybridized carbons (Fsp3) is 0.727. The van der Waals surface area contributed by atoms with Gasteiger partial charge in [-0.15, -0.1) is 51.9 Å². The smallest absolute Gasteiger partial charge is 0 e. The van der Waals surface area contributed by atoms with Crippen LogP contribution in [0.15, 0.2) is 24.4 Å². The van der Waals surface area contributed by atoms with E-state index in [1.807, 2.05) is 18.2 Å². The second-order valence-electron chi connectivity index (χ2n) is 6.51. The Bertz CT molecular complexity index is 364. The Kier molecular flexibility index (Phi) is 41.2. The SMILES string of the molecule is C1=CC[N-]C=C1.C1CC[N-]CC1.C1CC[N-]CC1.C1CC[N-]CC1.[Co].[N-]=C=S.[N-]=C=S. The van der Waals surface area contributed by atoms with Crippen LogP contribution in [0.25, 0.3) is 32.1 Å². The van der Waals surface area contributed by atoms with Gasteiger partial charge in [-0.1, -0.05) is 94.4 Å². The van der Waals surface area contributed by atoms with Crippen LogP contribution in [0.2, 0.25) is 0 Å². The van der Waals surface area contributed by atoms with Crippen molar-refractivity contribution < 1.29 is 16.8 Å². The first kappa shape index (κ1) is 34.9. The van der Waals surface area contributed by atoms with Crippen molar-refractivity contribution in [3.63, 3.8) is 0 Å². The molecule has 3 saturated heterocycles. The van der Waals surface area contributed by atoms with Crippen molar-refractivity contribution in [2.75, 3.05) is 45.8 Å². The Hall–Kier alpha value is -0.734. The van der Waals surface area contributed by atoms with Gasteiger partial charge in [0.05, 0.1) is 0 Å². The molecule has 6 nitrogen and oxygen atoms in total. The molecule has 181 valence electrons. The number of allylic oxidation sites excluding steroid dienone is 2. The van der Waals surface area contributed by atoms with Gasteiger partial charge < -0.3 is 32.1 Å². The summed E-state index contributed by atoms with van der Waals surface area (Å²) in [5, 5.41) is 33.4. The molecule has 4 heterocycles. The first-order chi connectivity index (χ1) is 14.8. The molecule has 3 fully saturated rings. The maximum absolute atomic E-state index is 7.13. The standard InChI is InChI=1S/3C5H10N.C5H6N.2CNS.Co/c4*1-2-4-6-5-3-1;2*2-1-3;/h3*1-5H2;1-4H,5H2;;;/q6*-1;. The summed E-state index contributed by atoms with van der Waals surface area (Å²) in [6.45, 7) is 7.61. The third-order valence-electron chi connectivity index (χ3n) is 4.05. The second kappa shape index (κ2) is 36.6. The summed E-state index contributed by atoms with van der Waals surface area (Å²) in [6, 6.07) is 0. The molecule has 0 amide bonds. The third kappa shape index (κ3) is 40.2. The normalized spacial score (nSPS) is 17.8. The molecule has 31 heavy (non-hydrogen) atoms. The topological polar surface area (TPSA) is 101 Å². The van der Waals surface area contributed by atoms with E-state index in [9.17, 15) is 0 Å². The fourth-order valence-electron chi connectivity index (χ4n) is 2.58. The van der Waals surface area contributed by atoms with Crippen molar-refractivity contribution in [2.24, 2.45) is 0 Å². The third-order valence-corrected chi connectivity index (χ3v) is 4.05. The average Bonchev–Trinajstić information content (AvgIpc) is 2.86. The second-order valence-corrected chi connectivity index (χ2v) is 6.88.